The molecule has 1 aromatic heterocycles. The highest BCUT2D eigenvalue weighted by Crippen LogP contribution is 2.46. The van der Waals surface area contributed by atoms with Crippen molar-refractivity contribution in [3.05, 3.63) is 244 Å². The molecule has 10 heteroatoms. The molecular formula is C51H42N4O4S2. The van der Waals surface area contributed by atoms with E-state index in [1.807, 2.05) is 156 Å². The maximum atomic E-state index is 14.7. The monoisotopic (exact) mass is 838 g/mol. The van der Waals surface area contributed by atoms with E-state index in [1.54, 1.807) is 0 Å². The van der Waals surface area contributed by atoms with Crippen molar-refractivity contribution in [2.24, 2.45) is 0 Å². The fourth-order valence-corrected chi connectivity index (χ4v) is 10.7. The van der Waals surface area contributed by atoms with E-state index >= 15 is 0 Å². The van der Waals surface area contributed by atoms with Gasteiger partial charge in [0.1, 0.15) is 22.7 Å². The van der Waals surface area contributed by atoms with Crippen molar-refractivity contribution in [1.82, 2.24) is 20.0 Å². The molecule has 0 radical (unpaired) electrons. The maximum Gasteiger partial charge on any atom is 0.356 e. The summed E-state index contributed by atoms with van der Waals surface area (Å²) in [6, 6.07) is 59.0. The van der Waals surface area contributed by atoms with Gasteiger partial charge in [0.05, 0.1) is 12.6 Å². The predicted molar refractivity (Wildman–Crippen MR) is 241 cm³/mol. The number of thioether (sulfide) groups is 2. The number of nitrogens with zero attached hydrogens (tertiary/aromatic N) is 3. The second-order valence-corrected chi connectivity index (χ2v) is 17.1. The SMILES string of the molecule is O=C(Cc1ccccc1)N[C@@H]1C(=O)N2C(C(=O)OC(c3ccccc3)c3ccccc3)=C(SCc3cnn(C(c4ccccc4)(c4ccccc4)c4ccccc4)c3)CS[C@@H]12. The molecule has 7 aromatic rings. The van der Waals surface area contributed by atoms with Crippen molar-refractivity contribution in [1.29, 1.82) is 0 Å². The first kappa shape index (κ1) is 39.8. The van der Waals surface area contributed by atoms with Crippen molar-refractivity contribution < 1.29 is 19.1 Å². The number of hydrogen-bond donors (Lipinski definition) is 1. The first-order valence-electron chi connectivity index (χ1n) is 20.2. The van der Waals surface area contributed by atoms with Gasteiger partial charge in [-0.15, -0.1) is 23.5 Å². The Labute approximate surface area is 363 Å². The summed E-state index contributed by atoms with van der Waals surface area (Å²) < 4.78 is 8.45. The van der Waals surface area contributed by atoms with Gasteiger partial charge in [-0.3, -0.25) is 19.2 Å². The lowest BCUT2D eigenvalue weighted by Gasteiger charge is -2.49. The Hall–Kier alpha value is -6.62. The summed E-state index contributed by atoms with van der Waals surface area (Å²) in [5, 5.41) is 7.54. The van der Waals surface area contributed by atoms with Crippen molar-refractivity contribution in [2.45, 2.75) is 35.2 Å². The third-order valence-corrected chi connectivity index (χ3v) is 13.7. The van der Waals surface area contributed by atoms with E-state index in [4.69, 9.17) is 9.84 Å². The molecule has 0 aliphatic carbocycles. The van der Waals surface area contributed by atoms with Crippen molar-refractivity contribution in [2.75, 3.05) is 5.75 Å². The summed E-state index contributed by atoms with van der Waals surface area (Å²) in [6.07, 6.45) is 3.39. The van der Waals surface area contributed by atoms with Crippen molar-refractivity contribution in [3.8, 4) is 0 Å². The molecule has 302 valence electrons. The Balaban J connectivity index is 1.05. The number of ether oxygens (including phenoxy) is 1. The number of esters is 1. The van der Waals surface area contributed by atoms with Gasteiger partial charge in [-0.25, -0.2) is 4.79 Å². The second kappa shape index (κ2) is 17.9. The summed E-state index contributed by atoms with van der Waals surface area (Å²) in [5.41, 5.74) is 6.04. The number of benzene rings is 6. The number of aromatic nitrogens is 2. The minimum absolute atomic E-state index is 0.150. The van der Waals surface area contributed by atoms with Gasteiger partial charge in [0, 0.05) is 28.2 Å². The lowest BCUT2D eigenvalue weighted by atomic mass is 9.77. The van der Waals surface area contributed by atoms with E-state index in [2.05, 4.69) is 47.9 Å². The molecule has 2 amide bonds. The van der Waals surface area contributed by atoms with Crippen molar-refractivity contribution >= 4 is 41.3 Å². The summed E-state index contributed by atoms with van der Waals surface area (Å²) in [4.78, 5) is 44.2. The summed E-state index contributed by atoms with van der Waals surface area (Å²) in [5.74, 6) is -0.260. The molecule has 0 spiro atoms. The van der Waals surface area contributed by atoms with E-state index < -0.39 is 29.0 Å². The van der Waals surface area contributed by atoms with E-state index in [-0.39, 0.29) is 23.9 Å². The van der Waals surface area contributed by atoms with Gasteiger partial charge in [0.15, 0.2) is 6.10 Å². The molecule has 2 atom stereocenters. The lowest BCUT2D eigenvalue weighted by Crippen LogP contribution is -2.70. The van der Waals surface area contributed by atoms with Crippen LogP contribution in [0.3, 0.4) is 0 Å². The molecule has 0 unspecified atom stereocenters. The highest BCUT2D eigenvalue weighted by Gasteiger charge is 2.55. The number of carbonyl (C=O) groups is 3. The Bertz CT molecular complexity index is 2510. The van der Waals surface area contributed by atoms with Crippen LogP contribution in [-0.4, -0.2) is 49.6 Å². The zero-order valence-corrected chi connectivity index (χ0v) is 34.8. The van der Waals surface area contributed by atoms with Crippen LogP contribution in [0.25, 0.3) is 0 Å². The average molecular weight is 839 g/mol. The van der Waals surface area contributed by atoms with E-state index in [1.165, 1.54) is 28.4 Å². The first-order valence-corrected chi connectivity index (χ1v) is 22.2. The van der Waals surface area contributed by atoms with Gasteiger partial charge in [-0.1, -0.05) is 182 Å². The topological polar surface area (TPSA) is 93.5 Å². The molecule has 1 saturated heterocycles. The fourth-order valence-electron chi connectivity index (χ4n) is 8.17. The predicted octanol–water partition coefficient (Wildman–Crippen LogP) is 9.14. The molecule has 6 aromatic carbocycles. The molecule has 9 rings (SSSR count). The third kappa shape index (κ3) is 8.04. The van der Waals surface area contributed by atoms with Gasteiger partial charge >= 0.3 is 5.97 Å². The number of β-lactam (4-membered cyclic amide) rings is 1. The highest BCUT2D eigenvalue weighted by atomic mass is 32.2. The smallest absolute Gasteiger partial charge is 0.356 e. The largest absolute Gasteiger partial charge is 0.448 e. The van der Waals surface area contributed by atoms with Crippen LogP contribution in [0.5, 0.6) is 0 Å². The van der Waals surface area contributed by atoms with Crippen LogP contribution in [0.2, 0.25) is 0 Å². The third-order valence-electron chi connectivity index (χ3n) is 11.0. The molecule has 2 aliphatic heterocycles. The van der Waals surface area contributed by atoms with Crippen LogP contribution >= 0.6 is 23.5 Å². The van der Waals surface area contributed by atoms with Crippen LogP contribution in [0.4, 0.5) is 0 Å². The van der Waals surface area contributed by atoms with Gasteiger partial charge in [0.2, 0.25) is 5.91 Å². The fraction of sp³-hybridized carbons (Fsp3) is 0.137. The lowest BCUT2D eigenvalue weighted by molar-refractivity contribution is -0.154. The van der Waals surface area contributed by atoms with Crippen LogP contribution in [-0.2, 0) is 36.8 Å². The zero-order valence-electron chi connectivity index (χ0n) is 33.1. The summed E-state index contributed by atoms with van der Waals surface area (Å²) in [6.45, 7) is 0. The molecule has 0 saturated carbocycles. The van der Waals surface area contributed by atoms with Crippen LogP contribution in [0.1, 0.15) is 45.0 Å². The summed E-state index contributed by atoms with van der Waals surface area (Å²) >= 11 is 3.03. The average Bonchev–Trinajstić information content (AvgIpc) is 3.80. The van der Waals surface area contributed by atoms with Crippen LogP contribution in [0.15, 0.2) is 205 Å². The molecule has 1 N–H and O–H groups in total. The normalized spacial score (nSPS) is 16.1. The number of fused-ring (bicyclic) bond motifs is 1. The van der Waals surface area contributed by atoms with Gasteiger partial charge in [0.25, 0.3) is 5.91 Å². The number of amides is 2. The quantitative estimate of drug-likeness (QED) is 0.0664. The van der Waals surface area contributed by atoms with Gasteiger partial charge in [-0.05, 0) is 33.4 Å². The number of hydrogen-bond acceptors (Lipinski definition) is 7. The number of nitrogens with one attached hydrogen (secondary N) is 1. The first-order chi connectivity index (χ1) is 30.0. The summed E-state index contributed by atoms with van der Waals surface area (Å²) in [7, 11) is 0. The second-order valence-electron chi connectivity index (χ2n) is 14.9. The molecule has 0 bridgehead atoms. The number of carbonyl (C=O) groups excluding carboxylic acids is 3. The van der Waals surface area contributed by atoms with E-state index in [0.717, 1.165) is 43.8 Å². The molecule has 3 heterocycles. The molecule has 61 heavy (non-hydrogen) atoms. The minimum Gasteiger partial charge on any atom is -0.448 e. The van der Waals surface area contributed by atoms with Crippen LogP contribution < -0.4 is 5.32 Å². The Morgan fingerprint density at radius 1 is 0.705 bits per heavy atom. The molecule has 2 aliphatic rings. The van der Waals surface area contributed by atoms with E-state index in [9.17, 15) is 14.4 Å². The van der Waals surface area contributed by atoms with Crippen molar-refractivity contribution in [3.63, 3.8) is 0 Å². The number of rotatable bonds is 14. The highest BCUT2D eigenvalue weighted by molar-refractivity contribution is 8.05. The van der Waals surface area contributed by atoms with Gasteiger partial charge < -0.3 is 10.1 Å². The van der Waals surface area contributed by atoms with Crippen LogP contribution in [0, 0.1) is 0 Å². The van der Waals surface area contributed by atoms with E-state index in [0.29, 0.717) is 11.5 Å². The van der Waals surface area contributed by atoms with Gasteiger partial charge in [-0.2, -0.15) is 5.10 Å². The molecular weight excluding hydrogens is 797 g/mol. The molecule has 8 nitrogen and oxygen atoms in total. The minimum atomic E-state index is -0.775. The zero-order chi connectivity index (χ0) is 41.6. The Morgan fingerprint density at radius 2 is 1.20 bits per heavy atom. The molecule has 1 fully saturated rings. The standard InChI is InChI=1S/C51H42N4O4S2/c56-44(31-36-19-7-1-8-20-36)53-45-48(57)55-46(50(58)59-47(38-21-9-2-10-22-38)39-23-11-3-12-24-39)43(35-61-49(45)55)60-34-37-32-52-54(33-37)51(40-25-13-4-14-26-40,41-27-15-5-16-28-41)42-29-17-6-18-30-42/h1-30,32-33,45,47,49H,31,34-35H2,(H,53,56)/t45-,49+/m1/s1. The Morgan fingerprint density at radius 3 is 1.72 bits per heavy atom. The maximum absolute atomic E-state index is 14.7. The Kier molecular flexibility index (Phi) is 11.7.